The van der Waals surface area contributed by atoms with Crippen molar-refractivity contribution in [3.05, 3.63) is 59.7 Å². The van der Waals surface area contributed by atoms with Crippen molar-refractivity contribution >= 4 is 11.6 Å². The van der Waals surface area contributed by atoms with E-state index in [0.29, 0.717) is 12.3 Å². The molecule has 2 aromatic carbocycles. The SMILES string of the molecule is CCOc1ccc(CC(=O)Nc2ccc(C(F)(F)F)cc2)cc1. The Morgan fingerprint density at radius 3 is 2.17 bits per heavy atom. The van der Waals surface area contributed by atoms with Crippen LogP contribution in [0.2, 0.25) is 0 Å². The zero-order valence-electron chi connectivity index (χ0n) is 12.5. The minimum Gasteiger partial charge on any atom is -0.494 e. The predicted octanol–water partition coefficient (Wildman–Crippen LogP) is 4.29. The van der Waals surface area contributed by atoms with Crippen molar-refractivity contribution in [3.8, 4) is 5.75 Å². The van der Waals surface area contributed by atoms with E-state index in [1.165, 1.54) is 12.1 Å². The molecule has 0 saturated carbocycles. The average Bonchev–Trinajstić information content (AvgIpc) is 2.49. The van der Waals surface area contributed by atoms with Gasteiger partial charge < -0.3 is 10.1 Å². The number of carbonyl (C=O) groups excluding carboxylic acids is 1. The molecule has 1 N–H and O–H groups in total. The van der Waals surface area contributed by atoms with Crippen molar-refractivity contribution in [3.63, 3.8) is 0 Å². The van der Waals surface area contributed by atoms with Crippen LogP contribution in [0, 0.1) is 0 Å². The van der Waals surface area contributed by atoms with Gasteiger partial charge in [0.05, 0.1) is 18.6 Å². The molecule has 0 radical (unpaired) electrons. The van der Waals surface area contributed by atoms with Crippen molar-refractivity contribution in [1.82, 2.24) is 0 Å². The fourth-order valence-electron chi connectivity index (χ4n) is 2.00. The van der Waals surface area contributed by atoms with Gasteiger partial charge in [-0.3, -0.25) is 4.79 Å². The number of ether oxygens (including phenoxy) is 1. The van der Waals surface area contributed by atoms with Gasteiger partial charge in [0.15, 0.2) is 0 Å². The number of anilines is 1. The van der Waals surface area contributed by atoms with Crippen molar-refractivity contribution in [2.45, 2.75) is 19.5 Å². The predicted molar refractivity (Wildman–Crippen MR) is 81.4 cm³/mol. The third-order valence-corrected chi connectivity index (χ3v) is 3.10. The lowest BCUT2D eigenvalue weighted by atomic mass is 10.1. The summed E-state index contributed by atoms with van der Waals surface area (Å²) in [6.45, 7) is 2.44. The molecule has 23 heavy (non-hydrogen) atoms. The number of alkyl halides is 3. The zero-order valence-corrected chi connectivity index (χ0v) is 12.5. The first-order chi connectivity index (χ1) is 10.9. The second kappa shape index (κ2) is 7.17. The lowest BCUT2D eigenvalue weighted by Crippen LogP contribution is -2.14. The van der Waals surface area contributed by atoms with Gasteiger partial charge in [0.1, 0.15) is 5.75 Å². The van der Waals surface area contributed by atoms with E-state index in [-0.39, 0.29) is 12.3 Å². The highest BCUT2D eigenvalue weighted by molar-refractivity contribution is 5.92. The summed E-state index contributed by atoms with van der Waals surface area (Å²) in [5, 5.41) is 2.57. The lowest BCUT2D eigenvalue weighted by molar-refractivity contribution is -0.137. The molecule has 0 aliphatic rings. The second-order valence-corrected chi connectivity index (χ2v) is 4.88. The number of carbonyl (C=O) groups is 1. The molecule has 0 atom stereocenters. The van der Waals surface area contributed by atoms with Crippen LogP contribution in [-0.2, 0) is 17.4 Å². The van der Waals surface area contributed by atoms with E-state index >= 15 is 0 Å². The van der Waals surface area contributed by atoms with Gasteiger partial charge >= 0.3 is 6.18 Å². The van der Waals surface area contributed by atoms with E-state index in [0.717, 1.165) is 23.4 Å². The molecule has 0 saturated heterocycles. The van der Waals surface area contributed by atoms with Crippen molar-refractivity contribution in [1.29, 1.82) is 0 Å². The first-order valence-electron chi connectivity index (χ1n) is 7.07. The lowest BCUT2D eigenvalue weighted by Gasteiger charge is -2.09. The summed E-state index contributed by atoms with van der Waals surface area (Å²) in [6.07, 6.45) is -4.25. The Bertz CT molecular complexity index is 649. The molecule has 0 aliphatic carbocycles. The van der Waals surface area contributed by atoms with Crippen molar-refractivity contribution in [2.24, 2.45) is 0 Å². The Morgan fingerprint density at radius 2 is 1.65 bits per heavy atom. The number of benzene rings is 2. The molecule has 0 spiro atoms. The third-order valence-electron chi connectivity index (χ3n) is 3.10. The maximum Gasteiger partial charge on any atom is 0.416 e. The Hall–Kier alpha value is -2.50. The number of nitrogens with one attached hydrogen (secondary N) is 1. The number of halogens is 3. The van der Waals surface area contributed by atoms with Gasteiger partial charge in [-0.1, -0.05) is 12.1 Å². The highest BCUT2D eigenvalue weighted by Gasteiger charge is 2.29. The van der Waals surface area contributed by atoms with Gasteiger partial charge in [-0.25, -0.2) is 0 Å². The van der Waals surface area contributed by atoms with Crippen LogP contribution in [-0.4, -0.2) is 12.5 Å². The molecule has 0 heterocycles. The van der Waals surface area contributed by atoms with Crippen molar-refractivity contribution in [2.75, 3.05) is 11.9 Å². The fourth-order valence-corrected chi connectivity index (χ4v) is 2.00. The van der Waals surface area contributed by atoms with E-state index in [9.17, 15) is 18.0 Å². The number of hydrogen-bond donors (Lipinski definition) is 1. The maximum atomic E-state index is 12.5. The van der Waals surface area contributed by atoms with Crippen LogP contribution in [0.15, 0.2) is 48.5 Å². The molecule has 2 aromatic rings. The molecule has 122 valence electrons. The molecular weight excluding hydrogens is 307 g/mol. The molecule has 3 nitrogen and oxygen atoms in total. The second-order valence-electron chi connectivity index (χ2n) is 4.88. The Balaban J connectivity index is 1.94. The molecule has 0 aromatic heterocycles. The molecular formula is C17H16F3NO2. The van der Waals surface area contributed by atoms with E-state index in [2.05, 4.69) is 5.32 Å². The first kappa shape index (κ1) is 16.9. The standard InChI is InChI=1S/C17H16F3NO2/c1-2-23-15-9-3-12(4-10-15)11-16(22)21-14-7-5-13(6-8-14)17(18,19)20/h3-10H,2,11H2,1H3,(H,21,22). The smallest absolute Gasteiger partial charge is 0.416 e. The number of amides is 1. The number of hydrogen-bond acceptors (Lipinski definition) is 2. The minimum absolute atomic E-state index is 0.132. The molecule has 0 aliphatic heterocycles. The van der Waals surface area contributed by atoms with Gasteiger partial charge in [0.25, 0.3) is 0 Å². The Labute approximate surface area is 132 Å². The summed E-state index contributed by atoms with van der Waals surface area (Å²) in [4.78, 5) is 11.9. The fraction of sp³-hybridized carbons (Fsp3) is 0.235. The summed E-state index contributed by atoms with van der Waals surface area (Å²) < 4.78 is 42.7. The van der Waals surface area contributed by atoms with Gasteiger partial charge in [-0.2, -0.15) is 13.2 Å². The molecule has 1 amide bonds. The largest absolute Gasteiger partial charge is 0.494 e. The van der Waals surface area contributed by atoms with E-state index in [1.807, 2.05) is 6.92 Å². The summed E-state index contributed by atoms with van der Waals surface area (Å²) in [6, 6.07) is 11.4. The zero-order chi connectivity index (χ0) is 16.9. The minimum atomic E-state index is -4.38. The van der Waals surface area contributed by atoms with Crippen LogP contribution >= 0.6 is 0 Å². The summed E-state index contributed by atoms with van der Waals surface area (Å²) in [5.41, 5.74) is 0.369. The van der Waals surface area contributed by atoms with E-state index in [4.69, 9.17) is 4.74 Å². The highest BCUT2D eigenvalue weighted by atomic mass is 19.4. The summed E-state index contributed by atoms with van der Waals surface area (Å²) in [5.74, 6) is 0.424. The molecule has 0 bridgehead atoms. The van der Waals surface area contributed by atoms with Gasteiger partial charge in [0, 0.05) is 5.69 Å². The van der Waals surface area contributed by atoms with Crippen LogP contribution < -0.4 is 10.1 Å². The Morgan fingerprint density at radius 1 is 1.04 bits per heavy atom. The highest BCUT2D eigenvalue weighted by Crippen LogP contribution is 2.29. The molecule has 2 rings (SSSR count). The van der Waals surface area contributed by atoms with Crippen molar-refractivity contribution < 1.29 is 22.7 Å². The monoisotopic (exact) mass is 323 g/mol. The number of rotatable bonds is 5. The van der Waals surface area contributed by atoms with Crippen LogP contribution in [0.1, 0.15) is 18.1 Å². The first-order valence-corrected chi connectivity index (χ1v) is 7.07. The Kier molecular flexibility index (Phi) is 5.26. The summed E-state index contributed by atoms with van der Waals surface area (Å²) >= 11 is 0. The topological polar surface area (TPSA) is 38.3 Å². The van der Waals surface area contributed by atoms with Gasteiger partial charge in [0.2, 0.25) is 5.91 Å². The summed E-state index contributed by atoms with van der Waals surface area (Å²) in [7, 11) is 0. The normalized spacial score (nSPS) is 11.1. The van der Waals surface area contributed by atoms with Crippen LogP contribution in [0.25, 0.3) is 0 Å². The van der Waals surface area contributed by atoms with E-state index in [1.54, 1.807) is 24.3 Å². The maximum absolute atomic E-state index is 12.5. The van der Waals surface area contributed by atoms with Crippen LogP contribution in [0.4, 0.5) is 18.9 Å². The van der Waals surface area contributed by atoms with Gasteiger partial charge in [-0.15, -0.1) is 0 Å². The average molecular weight is 323 g/mol. The van der Waals surface area contributed by atoms with Crippen LogP contribution in [0.3, 0.4) is 0 Å². The quantitative estimate of drug-likeness (QED) is 0.891. The van der Waals surface area contributed by atoms with Crippen LogP contribution in [0.5, 0.6) is 5.75 Å². The molecule has 0 unspecified atom stereocenters. The van der Waals surface area contributed by atoms with Gasteiger partial charge in [-0.05, 0) is 48.9 Å². The van der Waals surface area contributed by atoms with E-state index < -0.39 is 11.7 Å². The molecule has 6 heteroatoms. The molecule has 0 fully saturated rings. The third kappa shape index (κ3) is 5.02.